The Morgan fingerprint density at radius 3 is 1.89 bits per heavy atom. The van der Waals surface area contributed by atoms with Crippen molar-refractivity contribution in [2.45, 2.75) is 5.79 Å². The zero-order valence-electron chi connectivity index (χ0n) is 14.0. The van der Waals surface area contributed by atoms with Gasteiger partial charge in [-0.3, -0.25) is 0 Å². The van der Waals surface area contributed by atoms with Crippen molar-refractivity contribution >= 4 is 49.0 Å². The van der Waals surface area contributed by atoms with Crippen LogP contribution in [0.5, 0.6) is 0 Å². The second-order valence-corrected chi connectivity index (χ2v) is 7.99. The van der Waals surface area contributed by atoms with Crippen LogP contribution in [-0.4, -0.2) is 11.1 Å². The molecule has 0 radical (unpaired) electrons. The molecular weight excluding hydrogens is 472 g/mol. The average Bonchev–Trinajstić information content (AvgIpc) is 2.95. The minimum Gasteiger partial charge on any atom is -0.421 e. The number of carbonyl (C=O) groups excluding carboxylic acids is 1. The number of halogens is 2. The minimum absolute atomic E-state index is 0.364. The van der Waals surface area contributed by atoms with Gasteiger partial charge in [-0.25, -0.2) is 4.79 Å². The number of aliphatic hydroxyl groups is 1. The predicted octanol–water partition coefficient (Wildman–Crippen LogP) is 5.52. The first kappa shape index (κ1) is 18.2. The van der Waals surface area contributed by atoms with Crippen LogP contribution in [0.1, 0.15) is 16.7 Å². The van der Waals surface area contributed by atoms with Crippen molar-refractivity contribution in [3.63, 3.8) is 0 Å². The van der Waals surface area contributed by atoms with Gasteiger partial charge in [0.1, 0.15) is 0 Å². The highest BCUT2D eigenvalue weighted by Crippen LogP contribution is 2.48. The van der Waals surface area contributed by atoms with Crippen LogP contribution in [0.2, 0.25) is 0 Å². The predicted molar refractivity (Wildman–Crippen MR) is 112 cm³/mol. The number of carbonyl (C=O) groups is 1. The fraction of sp³-hybridized carbons (Fsp3) is 0.0455. The molecule has 1 unspecified atom stereocenters. The molecule has 134 valence electrons. The molecule has 1 aliphatic rings. The second kappa shape index (κ2) is 7.08. The summed E-state index contributed by atoms with van der Waals surface area (Å²) in [6, 6.07) is 23.8. The van der Waals surface area contributed by atoms with Gasteiger partial charge in [-0.15, -0.1) is 0 Å². The van der Waals surface area contributed by atoms with Crippen molar-refractivity contribution in [2.75, 3.05) is 0 Å². The normalized spacial score (nSPS) is 19.3. The molecule has 1 aliphatic heterocycles. The van der Waals surface area contributed by atoms with E-state index in [4.69, 9.17) is 4.74 Å². The third-order valence-corrected chi connectivity index (χ3v) is 5.52. The molecule has 1 N–H and O–H groups in total. The van der Waals surface area contributed by atoms with Crippen molar-refractivity contribution in [3.05, 3.63) is 104 Å². The highest BCUT2D eigenvalue weighted by molar-refractivity contribution is 9.10. The molecule has 0 aliphatic carbocycles. The van der Waals surface area contributed by atoms with Crippen molar-refractivity contribution in [2.24, 2.45) is 0 Å². The lowest BCUT2D eigenvalue weighted by molar-refractivity contribution is -0.178. The largest absolute Gasteiger partial charge is 0.421 e. The highest BCUT2D eigenvalue weighted by Gasteiger charge is 2.48. The van der Waals surface area contributed by atoms with Crippen LogP contribution in [0.25, 0.3) is 11.1 Å². The maximum absolute atomic E-state index is 12.8. The van der Waals surface area contributed by atoms with Crippen molar-refractivity contribution in [1.82, 2.24) is 0 Å². The standard InChI is InChI=1S/C22H14Br2O3/c23-17-10-6-15(7-11-17)20-19(14-4-2-1-3-5-14)21(25)27-22(20,26)16-8-12-18(24)13-9-16/h1-13,26H. The summed E-state index contributed by atoms with van der Waals surface area (Å²) in [7, 11) is 0. The lowest BCUT2D eigenvalue weighted by Gasteiger charge is -2.26. The quantitative estimate of drug-likeness (QED) is 0.496. The lowest BCUT2D eigenvalue weighted by atomic mass is 9.87. The Morgan fingerprint density at radius 2 is 1.30 bits per heavy atom. The second-order valence-electron chi connectivity index (χ2n) is 6.16. The fourth-order valence-electron chi connectivity index (χ4n) is 3.21. The number of hydrogen-bond donors (Lipinski definition) is 1. The Morgan fingerprint density at radius 1 is 0.741 bits per heavy atom. The lowest BCUT2D eigenvalue weighted by Crippen LogP contribution is -2.28. The van der Waals surface area contributed by atoms with Crippen molar-refractivity contribution < 1.29 is 14.6 Å². The first-order valence-electron chi connectivity index (χ1n) is 8.27. The Bertz CT molecular complexity index is 1030. The summed E-state index contributed by atoms with van der Waals surface area (Å²) in [6.45, 7) is 0. The molecule has 0 saturated carbocycles. The van der Waals surface area contributed by atoms with E-state index in [1.807, 2.05) is 54.6 Å². The Kier molecular flexibility index (Phi) is 4.76. The molecule has 0 bridgehead atoms. The molecule has 27 heavy (non-hydrogen) atoms. The van der Waals surface area contributed by atoms with E-state index >= 15 is 0 Å². The van der Waals surface area contributed by atoms with Crippen LogP contribution < -0.4 is 0 Å². The number of esters is 1. The minimum atomic E-state index is -1.86. The van der Waals surface area contributed by atoms with E-state index in [0.717, 1.165) is 8.95 Å². The summed E-state index contributed by atoms with van der Waals surface area (Å²) in [5, 5.41) is 11.5. The monoisotopic (exact) mass is 484 g/mol. The number of benzene rings is 3. The zero-order valence-corrected chi connectivity index (χ0v) is 17.2. The average molecular weight is 486 g/mol. The number of rotatable bonds is 3. The SMILES string of the molecule is O=C1OC(O)(c2ccc(Br)cc2)C(c2ccc(Br)cc2)=C1c1ccccc1. The van der Waals surface area contributed by atoms with E-state index < -0.39 is 11.8 Å². The van der Waals surface area contributed by atoms with Gasteiger partial charge in [0.25, 0.3) is 5.79 Å². The highest BCUT2D eigenvalue weighted by atomic mass is 79.9. The van der Waals surface area contributed by atoms with Gasteiger partial charge in [0.05, 0.1) is 11.1 Å². The van der Waals surface area contributed by atoms with Gasteiger partial charge in [0.2, 0.25) is 0 Å². The molecule has 0 spiro atoms. The fourth-order valence-corrected chi connectivity index (χ4v) is 3.74. The van der Waals surface area contributed by atoms with E-state index in [2.05, 4.69) is 31.9 Å². The van der Waals surface area contributed by atoms with Crippen LogP contribution in [0.15, 0.2) is 87.8 Å². The van der Waals surface area contributed by atoms with E-state index in [1.165, 1.54) is 0 Å². The summed E-state index contributed by atoms with van der Waals surface area (Å²) in [5.74, 6) is -2.42. The molecule has 3 aromatic carbocycles. The Hall–Kier alpha value is -2.21. The van der Waals surface area contributed by atoms with Gasteiger partial charge in [-0.2, -0.15) is 0 Å². The topological polar surface area (TPSA) is 46.5 Å². The number of cyclic esters (lactones) is 1. The van der Waals surface area contributed by atoms with Crippen LogP contribution >= 0.6 is 31.9 Å². The molecule has 1 heterocycles. The molecule has 0 saturated heterocycles. The van der Waals surface area contributed by atoms with Crippen molar-refractivity contribution in [3.8, 4) is 0 Å². The van der Waals surface area contributed by atoms with E-state index in [0.29, 0.717) is 27.8 Å². The molecule has 3 aromatic rings. The maximum Gasteiger partial charge on any atom is 0.342 e. The van der Waals surface area contributed by atoms with E-state index in [-0.39, 0.29) is 0 Å². The molecule has 5 heteroatoms. The summed E-state index contributed by atoms with van der Waals surface area (Å²) in [6.07, 6.45) is 0. The molecule has 4 rings (SSSR count). The van der Waals surface area contributed by atoms with Crippen LogP contribution in [0, 0.1) is 0 Å². The van der Waals surface area contributed by atoms with Crippen LogP contribution in [0.4, 0.5) is 0 Å². The maximum atomic E-state index is 12.8. The zero-order chi connectivity index (χ0) is 19.0. The third-order valence-electron chi connectivity index (χ3n) is 4.46. The smallest absolute Gasteiger partial charge is 0.342 e. The van der Waals surface area contributed by atoms with Crippen LogP contribution in [-0.2, 0) is 15.3 Å². The molecule has 1 atom stereocenters. The van der Waals surface area contributed by atoms with Crippen molar-refractivity contribution in [1.29, 1.82) is 0 Å². The first-order chi connectivity index (χ1) is 13.0. The molecule has 0 amide bonds. The number of hydrogen-bond acceptors (Lipinski definition) is 3. The van der Waals surface area contributed by atoms with E-state index in [1.54, 1.807) is 24.3 Å². The van der Waals surface area contributed by atoms with Gasteiger partial charge in [0.15, 0.2) is 0 Å². The van der Waals surface area contributed by atoms with Crippen LogP contribution in [0.3, 0.4) is 0 Å². The third kappa shape index (κ3) is 3.27. The van der Waals surface area contributed by atoms with E-state index in [9.17, 15) is 9.90 Å². The van der Waals surface area contributed by atoms with Gasteiger partial charge in [-0.1, -0.05) is 86.5 Å². The first-order valence-corrected chi connectivity index (χ1v) is 9.85. The Labute approximate surface area is 173 Å². The van der Waals surface area contributed by atoms with Gasteiger partial charge >= 0.3 is 5.97 Å². The summed E-state index contributed by atoms with van der Waals surface area (Å²) < 4.78 is 7.33. The number of ether oxygens (including phenoxy) is 1. The summed E-state index contributed by atoms with van der Waals surface area (Å²) >= 11 is 6.82. The molecular formula is C22H14Br2O3. The Balaban J connectivity index is 1.99. The molecule has 0 fully saturated rings. The van der Waals surface area contributed by atoms with Gasteiger partial charge in [-0.05, 0) is 35.4 Å². The molecule has 3 nitrogen and oxygen atoms in total. The molecule has 0 aromatic heterocycles. The summed E-state index contributed by atoms with van der Waals surface area (Å²) in [4.78, 5) is 12.8. The summed E-state index contributed by atoms with van der Waals surface area (Å²) in [5.41, 5.74) is 2.71. The van der Waals surface area contributed by atoms with Gasteiger partial charge < -0.3 is 9.84 Å². The van der Waals surface area contributed by atoms with Gasteiger partial charge in [0, 0.05) is 14.5 Å².